The van der Waals surface area contributed by atoms with Gasteiger partial charge >= 0.3 is 5.69 Å². The van der Waals surface area contributed by atoms with E-state index in [0.29, 0.717) is 26.2 Å². The summed E-state index contributed by atoms with van der Waals surface area (Å²) in [6, 6.07) is 0.924. The maximum Gasteiger partial charge on any atom is 0.314 e. The lowest BCUT2D eigenvalue weighted by Crippen LogP contribution is -2.46. The van der Waals surface area contributed by atoms with Crippen LogP contribution in [0.25, 0.3) is 0 Å². The van der Waals surface area contributed by atoms with Crippen LogP contribution in [0.15, 0.2) is 12.1 Å². The summed E-state index contributed by atoms with van der Waals surface area (Å²) >= 11 is 0. The number of nitrogens with zero attached hydrogens (tertiary/aromatic N) is 2. The summed E-state index contributed by atoms with van der Waals surface area (Å²) in [5, 5.41) is 23.8. The number of phenolic OH excluding ortho intramolecular Hbond substituents is 1. The summed E-state index contributed by atoms with van der Waals surface area (Å²) in [5.74, 6) is -0.852. The predicted octanol–water partition coefficient (Wildman–Crippen LogP) is 2.36. The molecule has 0 unspecified atom stereocenters. The SMILES string of the molecule is COc1cc([C@@H](C(F)F)N2CCNCC2)cc([N+](=O)[O-])c1O.Cl.Cl. The Morgan fingerprint density at radius 3 is 2.38 bits per heavy atom. The molecular formula is C13H19Cl2F2N3O4. The molecule has 1 aliphatic heterocycles. The van der Waals surface area contributed by atoms with Crippen molar-refractivity contribution < 1.29 is 23.5 Å². The lowest BCUT2D eigenvalue weighted by molar-refractivity contribution is -0.386. The summed E-state index contributed by atoms with van der Waals surface area (Å²) in [6.45, 7) is 1.96. The summed E-state index contributed by atoms with van der Waals surface area (Å²) in [4.78, 5) is 11.7. The zero-order valence-electron chi connectivity index (χ0n) is 12.8. The van der Waals surface area contributed by atoms with Crippen LogP contribution in [0, 0.1) is 10.1 Å². The van der Waals surface area contributed by atoms with E-state index < -0.39 is 28.8 Å². The van der Waals surface area contributed by atoms with Gasteiger partial charge in [0.15, 0.2) is 5.75 Å². The Morgan fingerprint density at radius 1 is 1.33 bits per heavy atom. The molecule has 1 saturated heterocycles. The number of benzene rings is 1. The summed E-state index contributed by atoms with van der Waals surface area (Å²) in [6.07, 6.45) is -2.72. The molecule has 7 nitrogen and oxygen atoms in total. The molecule has 0 spiro atoms. The van der Waals surface area contributed by atoms with Crippen molar-refractivity contribution in [2.45, 2.75) is 12.5 Å². The number of rotatable bonds is 5. The fraction of sp³-hybridized carbons (Fsp3) is 0.538. The minimum Gasteiger partial charge on any atom is -0.500 e. The zero-order chi connectivity index (χ0) is 16.3. The molecule has 11 heteroatoms. The van der Waals surface area contributed by atoms with E-state index in [1.54, 1.807) is 4.90 Å². The van der Waals surface area contributed by atoms with E-state index in [9.17, 15) is 24.0 Å². The quantitative estimate of drug-likeness (QED) is 0.593. The van der Waals surface area contributed by atoms with Gasteiger partial charge in [-0.1, -0.05) is 0 Å². The Kier molecular flexibility index (Phi) is 9.20. The smallest absolute Gasteiger partial charge is 0.314 e. The molecule has 2 rings (SSSR count). The Bertz CT molecular complexity index is 560. The maximum atomic E-state index is 13.5. The van der Waals surface area contributed by atoms with Crippen molar-refractivity contribution in [3.8, 4) is 11.5 Å². The number of hydrogen-bond donors (Lipinski definition) is 2. The predicted molar refractivity (Wildman–Crippen MR) is 89.0 cm³/mol. The van der Waals surface area contributed by atoms with Gasteiger partial charge in [-0.15, -0.1) is 24.8 Å². The topological polar surface area (TPSA) is 87.9 Å². The van der Waals surface area contributed by atoms with E-state index in [1.807, 2.05) is 0 Å². The molecule has 138 valence electrons. The van der Waals surface area contributed by atoms with Crippen LogP contribution in [0.5, 0.6) is 11.5 Å². The normalized spacial score (nSPS) is 16.0. The number of ether oxygens (including phenoxy) is 1. The highest BCUT2D eigenvalue weighted by Gasteiger charge is 2.33. The molecule has 1 aliphatic rings. The van der Waals surface area contributed by atoms with Crippen molar-refractivity contribution in [2.24, 2.45) is 0 Å². The molecule has 24 heavy (non-hydrogen) atoms. The lowest BCUT2D eigenvalue weighted by atomic mass is 10.0. The molecule has 1 aromatic rings. The average molecular weight is 390 g/mol. The molecule has 1 aromatic carbocycles. The van der Waals surface area contributed by atoms with Crippen molar-refractivity contribution in [3.63, 3.8) is 0 Å². The number of nitro benzene ring substituents is 1. The Hall–Kier alpha value is -1.42. The van der Waals surface area contributed by atoms with E-state index in [-0.39, 0.29) is 36.1 Å². The molecule has 2 N–H and O–H groups in total. The first kappa shape index (κ1) is 22.6. The van der Waals surface area contributed by atoms with Crippen molar-refractivity contribution in [2.75, 3.05) is 33.3 Å². The van der Waals surface area contributed by atoms with Gasteiger partial charge in [0.05, 0.1) is 18.1 Å². The molecule has 0 bridgehead atoms. The second-order valence-electron chi connectivity index (χ2n) is 4.91. The van der Waals surface area contributed by atoms with Crippen LogP contribution in [0.1, 0.15) is 11.6 Å². The molecule has 0 aliphatic carbocycles. The first-order valence-electron chi connectivity index (χ1n) is 6.74. The summed E-state index contributed by atoms with van der Waals surface area (Å²) < 4.78 is 31.9. The Balaban J connectivity index is 0.00000264. The van der Waals surface area contributed by atoms with Crippen LogP contribution >= 0.6 is 24.8 Å². The standard InChI is InChI=1S/C13H17F2N3O4.2ClH/c1-22-10-7-8(6-9(12(10)19)18(20)21)11(13(14)15)17-4-2-16-3-5-17;;/h6-7,11,13,16,19H,2-5H2,1H3;2*1H/t11-;;/m0../s1. The summed E-state index contributed by atoms with van der Waals surface area (Å²) in [5.41, 5.74) is -0.589. The number of halogens is 4. The summed E-state index contributed by atoms with van der Waals surface area (Å²) in [7, 11) is 1.21. The molecule has 0 saturated carbocycles. The molecule has 0 radical (unpaired) electrons. The number of phenols is 1. The van der Waals surface area contributed by atoms with Crippen molar-refractivity contribution in [3.05, 3.63) is 27.8 Å². The lowest BCUT2D eigenvalue weighted by Gasteiger charge is -2.34. The third-order valence-electron chi connectivity index (χ3n) is 3.62. The highest BCUT2D eigenvalue weighted by molar-refractivity contribution is 5.85. The van der Waals surface area contributed by atoms with Gasteiger partial charge in [-0.25, -0.2) is 8.78 Å². The molecule has 1 fully saturated rings. The number of nitro groups is 1. The van der Waals surface area contributed by atoms with Gasteiger partial charge in [0, 0.05) is 32.2 Å². The van der Waals surface area contributed by atoms with Gasteiger partial charge < -0.3 is 15.2 Å². The number of methoxy groups -OCH3 is 1. The van der Waals surface area contributed by atoms with Crippen LogP contribution in [-0.4, -0.2) is 54.6 Å². The number of hydrogen-bond acceptors (Lipinski definition) is 6. The van der Waals surface area contributed by atoms with Crippen LogP contribution in [0.2, 0.25) is 0 Å². The van der Waals surface area contributed by atoms with Crippen molar-refractivity contribution in [1.29, 1.82) is 0 Å². The Labute approximate surface area is 149 Å². The van der Waals surface area contributed by atoms with E-state index in [1.165, 1.54) is 13.2 Å². The first-order valence-corrected chi connectivity index (χ1v) is 6.74. The minimum absolute atomic E-state index is 0. The third-order valence-corrected chi connectivity index (χ3v) is 3.62. The van der Waals surface area contributed by atoms with Gasteiger partial charge in [0.2, 0.25) is 5.75 Å². The first-order chi connectivity index (χ1) is 10.5. The van der Waals surface area contributed by atoms with E-state index >= 15 is 0 Å². The van der Waals surface area contributed by atoms with Crippen molar-refractivity contribution >= 4 is 30.5 Å². The maximum absolute atomic E-state index is 13.5. The van der Waals surface area contributed by atoms with Gasteiger partial charge in [-0.2, -0.15) is 0 Å². The molecule has 1 heterocycles. The van der Waals surface area contributed by atoms with Crippen LogP contribution in [-0.2, 0) is 0 Å². The second kappa shape index (κ2) is 9.77. The van der Waals surface area contributed by atoms with Gasteiger partial charge in [0.1, 0.15) is 0 Å². The van der Waals surface area contributed by atoms with E-state index in [2.05, 4.69) is 5.32 Å². The number of aromatic hydroxyl groups is 1. The van der Waals surface area contributed by atoms with Gasteiger partial charge in [0.25, 0.3) is 6.43 Å². The van der Waals surface area contributed by atoms with Gasteiger partial charge in [-0.3, -0.25) is 15.0 Å². The Morgan fingerprint density at radius 2 is 1.92 bits per heavy atom. The molecule has 1 atom stereocenters. The van der Waals surface area contributed by atoms with Gasteiger partial charge in [-0.05, 0) is 11.6 Å². The third kappa shape index (κ3) is 4.79. The fourth-order valence-corrected chi connectivity index (χ4v) is 2.56. The van der Waals surface area contributed by atoms with Crippen LogP contribution in [0.4, 0.5) is 14.5 Å². The van der Waals surface area contributed by atoms with E-state index in [4.69, 9.17) is 4.74 Å². The second-order valence-corrected chi connectivity index (χ2v) is 4.91. The number of piperazine rings is 1. The largest absolute Gasteiger partial charge is 0.500 e. The van der Waals surface area contributed by atoms with Crippen LogP contribution in [0.3, 0.4) is 0 Å². The average Bonchev–Trinajstić information content (AvgIpc) is 2.49. The fourth-order valence-electron chi connectivity index (χ4n) is 2.56. The molecular weight excluding hydrogens is 371 g/mol. The van der Waals surface area contributed by atoms with Crippen LogP contribution < -0.4 is 10.1 Å². The molecule has 0 amide bonds. The minimum atomic E-state index is -2.72. The highest BCUT2D eigenvalue weighted by Crippen LogP contribution is 2.40. The van der Waals surface area contributed by atoms with Crippen molar-refractivity contribution in [1.82, 2.24) is 10.2 Å². The number of alkyl halides is 2. The highest BCUT2D eigenvalue weighted by atomic mass is 35.5. The monoisotopic (exact) mass is 389 g/mol. The zero-order valence-corrected chi connectivity index (χ0v) is 14.4. The molecule has 0 aromatic heterocycles. The van der Waals surface area contributed by atoms with E-state index in [0.717, 1.165) is 6.07 Å². The number of nitrogens with one attached hydrogen (secondary N) is 1.